The molecule has 0 aliphatic carbocycles. The molecule has 0 radical (unpaired) electrons. The second-order valence-corrected chi connectivity index (χ2v) is 5.53. The van der Waals surface area contributed by atoms with Crippen molar-refractivity contribution in [1.82, 2.24) is 9.80 Å². The van der Waals surface area contributed by atoms with Gasteiger partial charge < -0.3 is 14.7 Å². The number of halogens is 2. The van der Waals surface area contributed by atoms with Crippen molar-refractivity contribution < 1.29 is 23.4 Å². The lowest BCUT2D eigenvalue weighted by atomic mass is 10.1. The van der Waals surface area contributed by atoms with Crippen LogP contribution in [0.5, 0.6) is 0 Å². The Morgan fingerprint density at radius 3 is 2.57 bits per heavy atom. The predicted molar refractivity (Wildman–Crippen MR) is 81.2 cm³/mol. The van der Waals surface area contributed by atoms with Gasteiger partial charge in [-0.3, -0.25) is 9.69 Å². The van der Waals surface area contributed by atoms with Crippen LogP contribution in [0.2, 0.25) is 0 Å². The van der Waals surface area contributed by atoms with Crippen LogP contribution in [0.15, 0.2) is 18.2 Å². The van der Waals surface area contributed by atoms with Gasteiger partial charge in [0.05, 0.1) is 12.7 Å². The van der Waals surface area contributed by atoms with E-state index in [4.69, 9.17) is 4.74 Å². The Hall–Kier alpha value is -1.57. The van der Waals surface area contributed by atoms with Gasteiger partial charge in [0.2, 0.25) is 0 Å². The summed E-state index contributed by atoms with van der Waals surface area (Å²) in [5, 5.41) is 9.82. The minimum absolute atomic E-state index is 0.147. The van der Waals surface area contributed by atoms with E-state index in [0.717, 1.165) is 12.1 Å². The number of rotatable bonds is 6. The number of hydrogen-bond acceptors (Lipinski definition) is 4. The van der Waals surface area contributed by atoms with E-state index < -0.39 is 17.7 Å². The number of nitrogens with zero attached hydrogens (tertiary/aromatic N) is 2. The van der Waals surface area contributed by atoms with Crippen LogP contribution in [0.3, 0.4) is 0 Å². The van der Waals surface area contributed by atoms with Crippen molar-refractivity contribution in [2.24, 2.45) is 0 Å². The summed E-state index contributed by atoms with van der Waals surface area (Å²) in [4.78, 5) is 15.9. The molecule has 0 spiro atoms. The lowest BCUT2D eigenvalue weighted by molar-refractivity contribution is 0.0111. The van der Waals surface area contributed by atoms with E-state index in [1.54, 1.807) is 4.90 Å². The third kappa shape index (κ3) is 4.95. The minimum Gasteiger partial charge on any atom is -0.389 e. The lowest BCUT2D eigenvalue weighted by Gasteiger charge is -2.35. The average Bonchev–Trinajstić information content (AvgIpc) is 2.55. The monoisotopic (exact) mass is 328 g/mol. The summed E-state index contributed by atoms with van der Waals surface area (Å²) in [5.41, 5.74) is 0.147. The molecular formula is C16H22F2N2O3. The van der Waals surface area contributed by atoms with Gasteiger partial charge in [0.25, 0.3) is 5.91 Å². The zero-order chi connectivity index (χ0) is 16.8. The van der Waals surface area contributed by atoms with Crippen molar-refractivity contribution in [3.8, 4) is 0 Å². The fourth-order valence-electron chi connectivity index (χ4n) is 2.55. The summed E-state index contributed by atoms with van der Waals surface area (Å²) in [6.07, 6.45) is -0.552. The van der Waals surface area contributed by atoms with Crippen LogP contribution in [0, 0.1) is 11.6 Å². The normalized spacial score (nSPS) is 17.3. The molecule has 1 amide bonds. The van der Waals surface area contributed by atoms with E-state index in [1.807, 2.05) is 6.92 Å². The maximum absolute atomic E-state index is 13.2. The topological polar surface area (TPSA) is 53.0 Å². The van der Waals surface area contributed by atoms with Gasteiger partial charge in [0.15, 0.2) is 11.6 Å². The molecule has 1 N–H and O–H groups in total. The van der Waals surface area contributed by atoms with Gasteiger partial charge in [-0.15, -0.1) is 0 Å². The molecule has 0 bridgehead atoms. The second-order valence-electron chi connectivity index (χ2n) is 5.53. The summed E-state index contributed by atoms with van der Waals surface area (Å²) in [7, 11) is 0. The van der Waals surface area contributed by atoms with Crippen molar-refractivity contribution >= 4 is 5.91 Å². The molecular weight excluding hydrogens is 306 g/mol. The van der Waals surface area contributed by atoms with Gasteiger partial charge in [0.1, 0.15) is 0 Å². The Morgan fingerprint density at radius 1 is 1.26 bits per heavy atom. The van der Waals surface area contributed by atoms with E-state index in [2.05, 4.69) is 4.90 Å². The second kappa shape index (κ2) is 8.33. The highest BCUT2D eigenvalue weighted by Crippen LogP contribution is 2.13. The van der Waals surface area contributed by atoms with Crippen molar-refractivity contribution in [2.45, 2.75) is 13.0 Å². The molecule has 2 rings (SSSR count). The molecule has 1 aliphatic heterocycles. The largest absolute Gasteiger partial charge is 0.389 e. The Balaban J connectivity index is 1.83. The number of ether oxygens (including phenoxy) is 1. The molecule has 7 heteroatoms. The number of carbonyl (C=O) groups is 1. The number of benzene rings is 1. The van der Waals surface area contributed by atoms with E-state index in [0.29, 0.717) is 45.9 Å². The molecule has 1 saturated heterocycles. The van der Waals surface area contributed by atoms with E-state index in [9.17, 15) is 18.7 Å². The van der Waals surface area contributed by atoms with Gasteiger partial charge in [-0.25, -0.2) is 8.78 Å². The first kappa shape index (κ1) is 17.8. The number of carbonyl (C=O) groups excluding carboxylic acids is 1. The summed E-state index contributed by atoms with van der Waals surface area (Å²) >= 11 is 0. The minimum atomic E-state index is -1.02. The van der Waals surface area contributed by atoms with Crippen LogP contribution in [0.4, 0.5) is 8.78 Å². The Bertz CT molecular complexity index is 534. The number of amides is 1. The van der Waals surface area contributed by atoms with Gasteiger partial charge in [-0.2, -0.15) is 0 Å². The third-order valence-electron chi connectivity index (χ3n) is 3.81. The zero-order valence-corrected chi connectivity index (χ0v) is 13.2. The molecule has 128 valence electrons. The van der Waals surface area contributed by atoms with Crippen LogP contribution >= 0.6 is 0 Å². The van der Waals surface area contributed by atoms with Crippen molar-refractivity contribution in [3.63, 3.8) is 0 Å². The van der Waals surface area contributed by atoms with E-state index in [1.165, 1.54) is 6.07 Å². The zero-order valence-electron chi connectivity index (χ0n) is 13.2. The highest BCUT2D eigenvalue weighted by Gasteiger charge is 2.24. The van der Waals surface area contributed by atoms with E-state index in [-0.39, 0.29) is 11.5 Å². The summed E-state index contributed by atoms with van der Waals surface area (Å²) < 4.78 is 31.3. The fourth-order valence-corrected chi connectivity index (χ4v) is 2.55. The summed E-state index contributed by atoms with van der Waals surface area (Å²) in [6, 6.07) is 3.18. The SMILES string of the molecule is CCOCC(O)CN1CCN(C(=O)c2ccc(F)c(F)c2)CC1. The molecule has 1 aromatic rings. The molecule has 5 nitrogen and oxygen atoms in total. The molecule has 1 aliphatic rings. The molecule has 1 fully saturated rings. The van der Waals surface area contributed by atoms with Crippen molar-refractivity contribution in [2.75, 3.05) is 45.9 Å². The molecule has 1 atom stereocenters. The van der Waals surface area contributed by atoms with Crippen LogP contribution in [0.1, 0.15) is 17.3 Å². The van der Waals surface area contributed by atoms with Crippen LogP contribution in [-0.4, -0.2) is 72.9 Å². The van der Waals surface area contributed by atoms with Gasteiger partial charge in [-0.1, -0.05) is 0 Å². The van der Waals surface area contributed by atoms with Crippen molar-refractivity contribution in [3.05, 3.63) is 35.4 Å². The average molecular weight is 328 g/mol. The summed E-state index contributed by atoms with van der Waals surface area (Å²) in [5.74, 6) is -2.29. The fraction of sp³-hybridized carbons (Fsp3) is 0.562. The van der Waals surface area contributed by atoms with Gasteiger partial charge in [-0.05, 0) is 25.1 Å². The number of piperazine rings is 1. The molecule has 1 heterocycles. The first-order valence-corrected chi connectivity index (χ1v) is 7.73. The molecule has 1 aromatic carbocycles. The van der Waals surface area contributed by atoms with Gasteiger partial charge >= 0.3 is 0 Å². The Morgan fingerprint density at radius 2 is 1.96 bits per heavy atom. The first-order valence-electron chi connectivity index (χ1n) is 7.73. The number of aliphatic hydroxyl groups excluding tert-OH is 1. The van der Waals surface area contributed by atoms with Crippen LogP contribution in [-0.2, 0) is 4.74 Å². The number of aliphatic hydroxyl groups is 1. The maximum Gasteiger partial charge on any atom is 0.254 e. The summed E-state index contributed by atoms with van der Waals surface area (Å²) in [6.45, 7) is 5.44. The third-order valence-corrected chi connectivity index (χ3v) is 3.81. The quantitative estimate of drug-likeness (QED) is 0.850. The van der Waals surface area contributed by atoms with E-state index >= 15 is 0 Å². The van der Waals surface area contributed by atoms with Crippen LogP contribution in [0.25, 0.3) is 0 Å². The molecule has 0 aromatic heterocycles. The first-order chi connectivity index (χ1) is 11.0. The number of β-amino-alcohol motifs (C(OH)–C–C–N with tert-alkyl or cyclic N) is 1. The highest BCUT2D eigenvalue weighted by molar-refractivity contribution is 5.94. The van der Waals surface area contributed by atoms with Gasteiger partial charge in [0, 0.05) is 44.9 Å². The number of hydrogen-bond donors (Lipinski definition) is 1. The van der Waals surface area contributed by atoms with Crippen LogP contribution < -0.4 is 0 Å². The Labute approximate surface area is 134 Å². The molecule has 1 unspecified atom stereocenters. The molecule has 23 heavy (non-hydrogen) atoms. The Kier molecular flexibility index (Phi) is 6.44. The van der Waals surface area contributed by atoms with Crippen molar-refractivity contribution in [1.29, 1.82) is 0 Å². The predicted octanol–water partition coefficient (Wildman–Crippen LogP) is 1.12. The molecule has 0 saturated carbocycles. The lowest BCUT2D eigenvalue weighted by Crippen LogP contribution is -2.50. The maximum atomic E-state index is 13.2. The smallest absolute Gasteiger partial charge is 0.254 e. The standard InChI is InChI=1S/C16H22F2N2O3/c1-2-23-11-13(21)10-19-5-7-20(8-6-19)16(22)12-3-4-14(17)15(18)9-12/h3-4,9,13,21H,2,5-8,10-11H2,1H3. The highest BCUT2D eigenvalue weighted by atomic mass is 19.2.